The van der Waals surface area contributed by atoms with Crippen molar-refractivity contribution in [2.24, 2.45) is 0 Å². The van der Waals surface area contributed by atoms with Crippen molar-refractivity contribution in [2.45, 2.75) is 23.6 Å². The van der Waals surface area contributed by atoms with Crippen LogP contribution in [0, 0.1) is 11.3 Å². The number of aliphatic hydroxyl groups is 1. The van der Waals surface area contributed by atoms with Crippen LogP contribution in [0.2, 0.25) is 0 Å². The molecule has 0 aliphatic carbocycles. The molecule has 0 aliphatic heterocycles. The molecule has 0 bridgehead atoms. The molecule has 1 unspecified atom stereocenters. The number of thioether (sulfide) groups is 1. The van der Waals surface area contributed by atoms with Crippen molar-refractivity contribution >= 4 is 17.4 Å². The predicted octanol–water partition coefficient (Wildman–Crippen LogP) is 1.40. The number of nitriles is 1. The van der Waals surface area contributed by atoms with Gasteiger partial charge < -0.3 is 10.8 Å². The van der Waals surface area contributed by atoms with Gasteiger partial charge in [-0.3, -0.25) is 0 Å². The predicted molar refractivity (Wildman–Crippen MR) is 60.4 cm³/mol. The van der Waals surface area contributed by atoms with Gasteiger partial charge in [-0.15, -0.1) is 11.8 Å². The molecule has 0 spiro atoms. The lowest BCUT2D eigenvalue weighted by Crippen LogP contribution is -2.02. The summed E-state index contributed by atoms with van der Waals surface area (Å²) >= 11 is 1.51. The third-order valence-corrected chi connectivity index (χ3v) is 3.06. The Morgan fingerprint density at radius 1 is 1.73 bits per heavy atom. The van der Waals surface area contributed by atoms with E-state index in [-0.39, 0.29) is 11.9 Å². The standard InChI is InChI=1S/C10H13N3OS/c1-7(2-3-14)15-10-9(12)4-8(5-11)6-13-10/h4,6-7,14H,2-3,12H2,1H3. The van der Waals surface area contributed by atoms with E-state index in [0.29, 0.717) is 17.7 Å². The molecule has 1 aromatic rings. The van der Waals surface area contributed by atoms with Gasteiger partial charge in [-0.2, -0.15) is 5.26 Å². The number of pyridine rings is 1. The first kappa shape index (κ1) is 11.8. The normalized spacial score (nSPS) is 12.1. The molecule has 5 heteroatoms. The minimum atomic E-state index is 0.157. The van der Waals surface area contributed by atoms with Gasteiger partial charge in [-0.1, -0.05) is 6.92 Å². The van der Waals surface area contributed by atoms with Gasteiger partial charge in [0.1, 0.15) is 11.1 Å². The summed E-state index contributed by atoms with van der Waals surface area (Å²) in [5.41, 5.74) is 6.73. The summed E-state index contributed by atoms with van der Waals surface area (Å²) in [5, 5.41) is 18.4. The molecule has 3 N–H and O–H groups in total. The van der Waals surface area contributed by atoms with Crippen molar-refractivity contribution in [2.75, 3.05) is 12.3 Å². The summed E-state index contributed by atoms with van der Waals surface area (Å²) in [6.07, 6.45) is 2.20. The number of anilines is 1. The van der Waals surface area contributed by atoms with Crippen LogP contribution in [0.3, 0.4) is 0 Å². The van der Waals surface area contributed by atoms with Crippen LogP contribution >= 0.6 is 11.8 Å². The lowest BCUT2D eigenvalue weighted by Gasteiger charge is -2.10. The molecule has 1 atom stereocenters. The van der Waals surface area contributed by atoms with Gasteiger partial charge in [-0.05, 0) is 12.5 Å². The molecule has 0 radical (unpaired) electrons. The maximum Gasteiger partial charge on any atom is 0.119 e. The Bertz CT molecular complexity index is 375. The molecule has 1 heterocycles. The number of hydrogen-bond donors (Lipinski definition) is 2. The average molecular weight is 223 g/mol. The number of hydrogen-bond acceptors (Lipinski definition) is 5. The highest BCUT2D eigenvalue weighted by atomic mass is 32.2. The molecular weight excluding hydrogens is 210 g/mol. The highest BCUT2D eigenvalue weighted by Crippen LogP contribution is 2.28. The van der Waals surface area contributed by atoms with E-state index < -0.39 is 0 Å². The summed E-state index contributed by atoms with van der Waals surface area (Å²) in [6, 6.07) is 3.59. The molecule has 0 saturated heterocycles. The van der Waals surface area contributed by atoms with Crippen LogP contribution in [0.25, 0.3) is 0 Å². The van der Waals surface area contributed by atoms with Crippen molar-refractivity contribution in [3.05, 3.63) is 17.8 Å². The Morgan fingerprint density at radius 3 is 3.00 bits per heavy atom. The SMILES string of the molecule is CC(CCO)Sc1ncc(C#N)cc1N. The van der Waals surface area contributed by atoms with Crippen LogP contribution in [-0.2, 0) is 0 Å². The number of nitrogens with two attached hydrogens (primary N) is 1. The topological polar surface area (TPSA) is 82.9 Å². The number of rotatable bonds is 4. The quantitative estimate of drug-likeness (QED) is 0.754. The van der Waals surface area contributed by atoms with Crippen molar-refractivity contribution in [3.8, 4) is 6.07 Å². The zero-order chi connectivity index (χ0) is 11.3. The van der Waals surface area contributed by atoms with Gasteiger partial charge >= 0.3 is 0 Å². The molecular formula is C10H13N3OS. The smallest absolute Gasteiger partial charge is 0.119 e. The van der Waals surface area contributed by atoms with E-state index in [1.165, 1.54) is 18.0 Å². The largest absolute Gasteiger partial charge is 0.397 e. The van der Waals surface area contributed by atoms with Crippen LogP contribution in [0.5, 0.6) is 0 Å². The maximum atomic E-state index is 8.76. The Hall–Kier alpha value is -1.25. The summed E-state index contributed by atoms with van der Waals surface area (Å²) < 4.78 is 0. The maximum absolute atomic E-state index is 8.76. The minimum Gasteiger partial charge on any atom is -0.397 e. The van der Waals surface area contributed by atoms with Gasteiger partial charge in [0, 0.05) is 18.1 Å². The number of aromatic nitrogens is 1. The third kappa shape index (κ3) is 3.42. The van der Waals surface area contributed by atoms with E-state index in [1.807, 2.05) is 13.0 Å². The van der Waals surface area contributed by atoms with Crippen molar-refractivity contribution in [3.63, 3.8) is 0 Å². The second-order valence-electron chi connectivity index (χ2n) is 3.17. The van der Waals surface area contributed by atoms with E-state index >= 15 is 0 Å². The first-order valence-corrected chi connectivity index (χ1v) is 5.48. The van der Waals surface area contributed by atoms with E-state index in [1.54, 1.807) is 6.07 Å². The van der Waals surface area contributed by atoms with Gasteiger partial charge in [0.2, 0.25) is 0 Å². The molecule has 1 aromatic heterocycles. The first-order valence-electron chi connectivity index (χ1n) is 4.60. The fourth-order valence-corrected chi connectivity index (χ4v) is 1.97. The molecule has 0 aliphatic rings. The first-order chi connectivity index (χ1) is 7.17. The molecule has 4 nitrogen and oxygen atoms in total. The Kier molecular flexibility index (Phi) is 4.40. The Balaban J connectivity index is 2.74. The molecule has 0 aromatic carbocycles. The van der Waals surface area contributed by atoms with Gasteiger partial charge in [-0.25, -0.2) is 4.98 Å². The van der Waals surface area contributed by atoms with Gasteiger partial charge in [0.05, 0.1) is 11.3 Å². The van der Waals surface area contributed by atoms with E-state index in [2.05, 4.69) is 4.98 Å². The van der Waals surface area contributed by atoms with E-state index in [0.717, 1.165) is 5.03 Å². The Morgan fingerprint density at radius 2 is 2.47 bits per heavy atom. The second-order valence-corrected chi connectivity index (χ2v) is 4.60. The summed E-state index contributed by atoms with van der Waals surface area (Å²) in [6.45, 7) is 2.16. The highest BCUT2D eigenvalue weighted by molar-refractivity contribution is 8.00. The van der Waals surface area contributed by atoms with Crippen LogP contribution in [-0.4, -0.2) is 21.9 Å². The third-order valence-electron chi connectivity index (χ3n) is 1.86. The highest BCUT2D eigenvalue weighted by Gasteiger charge is 2.08. The molecule has 0 fully saturated rings. The van der Waals surface area contributed by atoms with E-state index in [9.17, 15) is 0 Å². The summed E-state index contributed by atoms with van der Waals surface area (Å²) in [7, 11) is 0. The van der Waals surface area contributed by atoms with Gasteiger partial charge in [0.15, 0.2) is 0 Å². The number of aliphatic hydroxyl groups excluding tert-OH is 1. The monoisotopic (exact) mass is 223 g/mol. The van der Waals surface area contributed by atoms with E-state index in [4.69, 9.17) is 16.1 Å². The van der Waals surface area contributed by atoms with Crippen molar-refractivity contribution in [1.29, 1.82) is 5.26 Å². The van der Waals surface area contributed by atoms with Crippen LogP contribution in [0.4, 0.5) is 5.69 Å². The zero-order valence-corrected chi connectivity index (χ0v) is 9.29. The minimum absolute atomic E-state index is 0.157. The van der Waals surface area contributed by atoms with Crippen molar-refractivity contribution < 1.29 is 5.11 Å². The fourth-order valence-electron chi connectivity index (χ4n) is 1.06. The van der Waals surface area contributed by atoms with Gasteiger partial charge in [0.25, 0.3) is 0 Å². The second kappa shape index (κ2) is 5.59. The van der Waals surface area contributed by atoms with Crippen LogP contribution in [0.1, 0.15) is 18.9 Å². The summed E-state index contributed by atoms with van der Waals surface area (Å²) in [5.74, 6) is 0. The Labute approximate surface area is 93.1 Å². The molecule has 0 amide bonds. The van der Waals surface area contributed by atoms with Crippen molar-refractivity contribution in [1.82, 2.24) is 4.98 Å². The zero-order valence-electron chi connectivity index (χ0n) is 8.47. The molecule has 15 heavy (non-hydrogen) atoms. The lowest BCUT2D eigenvalue weighted by atomic mass is 10.3. The molecule has 0 saturated carbocycles. The summed E-state index contributed by atoms with van der Waals surface area (Å²) in [4.78, 5) is 4.11. The lowest BCUT2D eigenvalue weighted by molar-refractivity contribution is 0.289. The van der Waals surface area contributed by atoms with Crippen LogP contribution < -0.4 is 5.73 Å². The molecule has 80 valence electrons. The number of nitrogen functional groups attached to an aromatic ring is 1. The van der Waals surface area contributed by atoms with Crippen LogP contribution in [0.15, 0.2) is 17.3 Å². The molecule has 1 rings (SSSR count). The average Bonchev–Trinajstić information content (AvgIpc) is 2.21. The fraction of sp³-hybridized carbons (Fsp3) is 0.400. The number of nitrogens with zero attached hydrogens (tertiary/aromatic N) is 2.